The third kappa shape index (κ3) is 2.14. The molecule has 1 spiro atoms. The molecule has 0 bridgehead atoms. The van der Waals surface area contributed by atoms with Gasteiger partial charge in [0.15, 0.2) is 5.79 Å². The SMILES string of the molecule is CC1(C)O[C@@]2(C[C@@H]1[C@]1(C)C=CC(=O)O1)C[C@]1(O)[C@H](CC[C@]34C[C@@]31C(=O)O[C@H]4c1ccoc1)O2. The first kappa shape index (κ1) is 20.2. The van der Waals surface area contributed by atoms with Crippen LogP contribution in [0.4, 0.5) is 0 Å². The summed E-state index contributed by atoms with van der Waals surface area (Å²) in [5, 5.41) is 12.2. The van der Waals surface area contributed by atoms with E-state index >= 15 is 0 Å². The second-order valence-electron chi connectivity index (χ2n) is 11.6. The van der Waals surface area contributed by atoms with Gasteiger partial charge in [-0.3, -0.25) is 4.79 Å². The van der Waals surface area contributed by atoms with E-state index in [2.05, 4.69) is 0 Å². The first-order valence-electron chi connectivity index (χ1n) is 11.8. The third-order valence-electron chi connectivity index (χ3n) is 9.61. The summed E-state index contributed by atoms with van der Waals surface area (Å²) in [5.74, 6) is -1.95. The van der Waals surface area contributed by atoms with Crippen LogP contribution in [0.2, 0.25) is 0 Å². The van der Waals surface area contributed by atoms with Crippen LogP contribution in [0.5, 0.6) is 0 Å². The van der Waals surface area contributed by atoms with Crippen molar-refractivity contribution in [2.24, 2.45) is 16.7 Å². The minimum absolute atomic E-state index is 0.174. The van der Waals surface area contributed by atoms with E-state index in [1.807, 2.05) is 26.8 Å². The molecule has 1 N–H and O–H groups in total. The van der Waals surface area contributed by atoms with E-state index in [-0.39, 0.29) is 24.3 Å². The summed E-state index contributed by atoms with van der Waals surface area (Å²) < 4.78 is 29.8. The van der Waals surface area contributed by atoms with Crippen molar-refractivity contribution in [1.29, 1.82) is 0 Å². The highest BCUT2D eigenvalue weighted by Crippen LogP contribution is 2.85. The molecule has 8 atom stereocenters. The van der Waals surface area contributed by atoms with Crippen LogP contribution in [0.1, 0.15) is 64.5 Å². The molecule has 3 saturated heterocycles. The van der Waals surface area contributed by atoms with Crippen molar-refractivity contribution in [2.75, 3.05) is 0 Å². The molecule has 7 rings (SSSR count). The van der Waals surface area contributed by atoms with Crippen LogP contribution >= 0.6 is 0 Å². The lowest BCUT2D eigenvalue weighted by Crippen LogP contribution is -2.54. The minimum Gasteiger partial charge on any atom is -0.472 e. The average Bonchev–Trinajstić information content (AvgIpc) is 3.20. The number of esters is 2. The number of carbonyl (C=O) groups is 2. The summed E-state index contributed by atoms with van der Waals surface area (Å²) in [6.45, 7) is 5.81. The molecule has 0 unspecified atom stereocenters. The maximum absolute atomic E-state index is 13.3. The Morgan fingerprint density at radius 3 is 2.67 bits per heavy atom. The number of rotatable bonds is 2. The van der Waals surface area contributed by atoms with E-state index in [0.29, 0.717) is 19.3 Å². The Morgan fingerprint density at radius 1 is 1.15 bits per heavy atom. The first-order valence-corrected chi connectivity index (χ1v) is 11.8. The second-order valence-corrected chi connectivity index (χ2v) is 11.6. The van der Waals surface area contributed by atoms with E-state index in [0.717, 1.165) is 12.0 Å². The van der Waals surface area contributed by atoms with Gasteiger partial charge in [-0.25, -0.2) is 4.79 Å². The van der Waals surface area contributed by atoms with Gasteiger partial charge in [0, 0.05) is 35.8 Å². The topological polar surface area (TPSA) is 104 Å². The third-order valence-corrected chi connectivity index (χ3v) is 9.61. The fourth-order valence-electron chi connectivity index (χ4n) is 8.31. The Morgan fingerprint density at radius 2 is 1.97 bits per heavy atom. The highest BCUT2D eigenvalue weighted by Gasteiger charge is 2.92. The van der Waals surface area contributed by atoms with Crippen LogP contribution in [0.15, 0.2) is 35.2 Å². The highest BCUT2D eigenvalue weighted by molar-refractivity contribution is 5.88. The van der Waals surface area contributed by atoms with Crippen molar-refractivity contribution < 1.29 is 38.1 Å². The molecule has 0 amide bonds. The Labute approximate surface area is 191 Å². The number of hydrogen-bond acceptors (Lipinski definition) is 8. The van der Waals surface area contributed by atoms with Gasteiger partial charge in [0.05, 0.1) is 24.2 Å². The number of cyclic esters (lactones) is 2. The maximum atomic E-state index is 13.3. The molecule has 8 heteroatoms. The van der Waals surface area contributed by atoms with E-state index in [4.69, 9.17) is 23.4 Å². The normalized spacial score (nSPS) is 53.0. The van der Waals surface area contributed by atoms with Crippen molar-refractivity contribution >= 4 is 11.9 Å². The van der Waals surface area contributed by atoms with Crippen molar-refractivity contribution in [1.82, 2.24) is 0 Å². The Balaban J connectivity index is 1.24. The van der Waals surface area contributed by atoms with Gasteiger partial charge in [-0.2, -0.15) is 0 Å². The van der Waals surface area contributed by atoms with Gasteiger partial charge in [0.2, 0.25) is 0 Å². The van der Waals surface area contributed by atoms with Crippen LogP contribution in [0.25, 0.3) is 0 Å². The zero-order valence-electron chi connectivity index (χ0n) is 19.0. The van der Waals surface area contributed by atoms with Crippen molar-refractivity contribution in [3.8, 4) is 0 Å². The molecule has 2 saturated carbocycles. The smallest absolute Gasteiger partial charge is 0.331 e. The second kappa shape index (κ2) is 5.56. The van der Waals surface area contributed by atoms with Gasteiger partial charge in [0.25, 0.3) is 0 Å². The maximum Gasteiger partial charge on any atom is 0.331 e. The fraction of sp³-hybridized carbons (Fsp3) is 0.680. The minimum atomic E-state index is -1.38. The van der Waals surface area contributed by atoms with Gasteiger partial charge in [-0.15, -0.1) is 0 Å². The number of hydrogen-bond donors (Lipinski definition) is 1. The van der Waals surface area contributed by atoms with Crippen molar-refractivity contribution in [2.45, 2.75) is 87.7 Å². The molecule has 4 aliphatic heterocycles. The highest BCUT2D eigenvalue weighted by atomic mass is 16.7. The molecule has 0 radical (unpaired) electrons. The van der Waals surface area contributed by atoms with Crippen LogP contribution in [0.3, 0.4) is 0 Å². The zero-order valence-corrected chi connectivity index (χ0v) is 19.0. The van der Waals surface area contributed by atoms with Gasteiger partial charge < -0.3 is 28.5 Å². The van der Waals surface area contributed by atoms with Crippen LogP contribution in [-0.4, -0.2) is 45.7 Å². The monoisotopic (exact) mass is 456 g/mol. The summed E-state index contributed by atoms with van der Waals surface area (Å²) in [4.78, 5) is 25.2. The van der Waals surface area contributed by atoms with Crippen LogP contribution in [0, 0.1) is 16.7 Å². The van der Waals surface area contributed by atoms with Crippen molar-refractivity contribution in [3.05, 3.63) is 36.3 Å². The number of ether oxygens (including phenoxy) is 4. The lowest BCUT2D eigenvalue weighted by Gasteiger charge is -2.39. The van der Waals surface area contributed by atoms with Gasteiger partial charge in [-0.1, -0.05) is 0 Å². The standard InChI is InChI=1S/C25H28O8/c1-20(2)15(21(3)7-5-17(26)32-21)10-23(33-20)13-25(28)16(31-23)4-8-22-12-24(22,25)19(27)30-18(22)14-6-9-29-11-14/h5-7,9,11,15-16,18,28H,4,8,10,12-13H2,1-3H3/t15-,16-,18-,21-,22+,23-,24+,25-/m0/s1. The van der Waals surface area contributed by atoms with E-state index in [9.17, 15) is 14.7 Å². The van der Waals surface area contributed by atoms with E-state index < -0.39 is 45.6 Å². The zero-order chi connectivity index (χ0) is 23.1. The van der Waals surface area contributed by atoms with Crippen LogP contribution in [-0.2, 0) is 28.5 Å². The lowest BCUT2D eigenvalue weighted by atomic mass is 9.65. The molecular formula is C25H28O8. The Kier molecular flexibility index (Phi) is 3.41. The number of aliphatic hydroxyl groups is 1. The van der Waals surface area contributed by atoms with Gasteiger partial charge >= 0.3 is 11.9 Å². The Hall–Kier alpha value is -2.16. The largest absolute Gasteiger partial charge is 0.472 e. The molecule has 2 aliphatic carbocycles. The summed E-state index contributed by atoms with van der Waals surface area (Å²) in [6.07, 6.45) is 8.06. The van der Waals surface area contributed by atoms with Crippen LogP contribution < -0.4 is 0 Å². The first-order chi connectivity index (χ1) is 15.5. The predicted octanol–water partition coefficient (Wildman–Crippen LogP) is 2.95. The Bertz CT molecular complexity index is 1110. The quantitative estimate of drug-likeness (QED) is 0.678. The molecule has 8 nitrogen and oxygen atoms in total. The number of fused-ring (bicyclic) bond motifs is 1. The number of furan rings is 1. The molecule has 5 fully saturated rings. The molecule has 0 aromatic carbocycles. The molecular weight excluding hydrogens is 428 g/mol. The predicted molar refractivity (Wildman–Crippen MR) is 110 cm³/mol. The van der Waals surface area contributed by atoms with E-state index in [1.54, 1.807) is 18.6 Å². The molecule has 176 valence electrons. The van der Waals surface area contributed by atoms with Crippen molar-refractivity contribution in [3.63, 3.8) is 0 Å². The molecule has 6 aliphatic rings. The summed E-state index contributed by atoms with van der Waals surface area (Å²) in [7, 11) is 0. The number of carbonyl (C=O) groups excluding carboxylic acids is 2. The van der Waals surface area contributed by atoms with Gasteiger partial charge in [-0.05, 0) is 52.2 Å². The molecule has 5 heterocycles. The average molecular weight is 456 g/mol. The summed E-state index contributed by atoms with van der Waals surface area (Å²) in [6, 6.07) is 1.83. The van der Waals surface area contributed by atoms with Gasteiger partial charge in [0.1, 0.15) is 22.7 Å². The summed E-state index contributed by atoms with van der Waals surface area (Å²) >= 11 is 0. The fourth-order valence-corrected chi connectivity index (χ4v) is 8.31. The lowest BCUT2D eigenvalue weighted by molar-refractivity contribution is -0.240. The molecule has 33 heavy (non-hydrogen) atoms. The molecule has 1 aromatic rings. The van der Waals surface area contributed by atoms with E-state index in [1.165, 1.54) is 6.08 Å². The summed E-state index contributed by atoms with van der Waals surface area (Å²) in [5.41, 5.74) is -3.47. The molecule has 1 aromatic heterocycles.